The first-order valence-corrected chi connectivity index (χ1v) is 26.0. The Morgan fingerprint density at radius 3 is 1.09 bits per heavy atom. The van der Waals surface area contributed by atoms with Gasteiger partial charge >= 0.3 is 0 Å². The zero-order valence-electron chi connectivity index (χ0n) is 45.8. The fraction of sp³-hybridized carbons (Fsp3) is 0.846. The Bertz CT molecular complexity index is 1760. The number of hydrazone groups is 2. The Balaban J connectivity index is 1.07. The molecule has 4 fully saturated rings. The highest BCUT2D eigenvalue weighted by Crippen LogP contribution is 2.44. The van der Waals surface area contributed by atoms with E-state index in [1.807, 2.05) is 9.80 Å². The third-order valence-electron chi connectivity index (χ3n) is 15.6. The van der Waals surface area contributed by atoms with Crippen LogP contribution < -0.4 is 21.7 Å². The van der Waals surface area contributed by atoms with Gasteiger partial charge in [-0.1, -0.05) is 12.8 Å². The fourth-order valence-electron chi connectivity index (χ4n) is 14.2. The van der Waals surface area contributed by atoms with E-state index in [-0.39, 0.29) is 68.3 Å². The van der Waals surface area contributed by atoms with Crippen molar-refractivity contribution >= 4 is 23.6 Å². The normalized spacial score (nSPS) is 26.1. The van der Waals surface area contributed by atoms with Crippen molar-refractivity contribution < 1.29 is 19.1 Å². The third kappa shape index (κ3) is 12.0. The summed E-state index contributed by atoms with van der Waals surface area (Å²) in [4.78, 5) is 34.6. The molecule has 0 aromatic heterocycles. The van der Waals surface area contributed by atoms with E-state index in [1.54, 1.807) is 24.3 Å². The number of piperidine rings is 4. The van der Waals surface area contributed by atoms with E-state index < -0.39 is 0 Å². The number of likely N-dealkylation sites (tertiary alicyclic amines) is 4. The molecule has 0 spiro atoms. The van der Waals surface area contributed by atoms with Crippen LogP contribution in [0, 0.1) is 0 Å². The van der Waals surface area contributed by atoms with Gasteiger partial charge in [-0.3, -0.25) is 20.4 Å². The summed E-state index contributed by atoms with van der Waals surface area (Å²) in [5, 5.41) is 13.4. The van der Waals surface area contributed by atoms with Gasteiger partial charge in [-0.2, -0.15) is 10.9 Å². The molecule has 0 aliphatic carbocycles. The minimum absolute atomic E-state index is 0.0643. The van der Waals surface area contributed by atoms with E-state index in [0.717, 1.165) is 102 Å². The predicted octanol–water partition coefficient (Wildman–Crippen LogP) is 8.76. The number of unbranched alkanes of at least 4 members (excludes halogenated alkanes) is 3. The molecule has 386 valence electrons. The summed E-state index contributed by atoms with van der Waals surface area (Å²) in [7, 11) is 0. The van der Waals surface area contributed by atoms with Gasteiger partial charge in [-0.05, 0) is 162 Å². The summed E-state index contributed by atoms with van der Waals surface area (Å²) in [5.74, 6) is 3.27. The fourth-order valence-corrected chi connectivity index (χ4v) is 14.2. The van der Waals surface area contributed by atoms with Gasteiger partial charge in [-0.25, -0.2) is 0 Å². The van der Waals surface area contributed by atoms with Crippen LogP contribution in [0.25, 0.3) is 0 Å². The van der Waals surface area contributed by atoms with E-state index in [4.69, 9.17) is 19.7 Å². The molecule has 6 aliphatic heterocycles. The van der Waals surface area contributed by atoms with Crippen molar-refractivity contribution in [3.05, 3.63) is 23.8 Å². The van der Waals surface area contributed by atoms with Crippen molar-refractivity contribution in [2.75, 3.05) is 13.1 Å². The highest BCUT2D eigenvalue weighted by atomic mass is 16.5. The molecule has 16 heteroatoms. The number of hydrazine groups is 4. The standard InChI is InChI=1S/C52H94N12O4/c1-37(65)59-49(11,12)33-39(34-50(59,13)14)67-43-31-41(61-45(3,4)25-23-26-46(61,5)6)55-63(57-43)53-29-21-19-20-22-30-54-64-56-42(62-47(7,8)27-24-28-48(62,9)10)32-44(58-64)68-40-35-51(15,16)60(38(2)66)52(17,18)36-40/h31-32,39-40,53-56H,19-30,33-36H2,1-18H3. The average molecular weight is 951 g/mol. The third-order valence-corrected chi connectivity index (χ3v) is 15.6. The predicted molar refractivity (Wildman–Crippen MR) is 273 cm³/mol. The summed E-state index contributed by atoms with van der Waals surface area (Å²) in [5.41, 5.74) is 12.6. The Kier molecular flexibility index (Phi) is 15.2. The molecule has 2 amide bonds. The Labute approximate surface area is 411 Å². The highest BCUT2D eigenvalue weighted by molar-refractivity contribution is 5.89. The lowest BCUT2D eigenvalue weighted by Gasteiger charge is -2.56. The maximum Gasteiger partial charge on any atom is 0.238 e. The van der Waals surface area contributed by atoms with Gasteiger partial charge < -0.3 is 29.1 Å². The van der Waals surface area contributed by atoms with Gasteiger partial charge in [0, 0.05) is 109 Å². The number of rotatable bonds is 13. The van der Waals surface area contributed by atoms with Crippen LogP contribution in [0.5, 0.6) is 0 Å². The number of hydrogen-bond acceptors (Lipinski definition) is 14. The highest BCUT2D eigenvalue weighted by Gasteiger charge is 2.50. The SMILES string of the molecule is CC(=O)N1C(C)(C)CC(OC2=NN(NCCCCCCNN3N=C(OC4CC(C)(C)N(C(C)=O)C(C)(C)C4)C=C(N4C(C)(C)CCCC4(C)C)N3)NC(N3C(C)(C)CCCC3(C)C)=C2)CC1(C)C. The van der Waals surface area contributed by atoms with Crippen LogP contribution in [0.1, 0.15) is 215 Å². The number of amides is 2. The molecule has 0 radical (unpaired) electrons. The summed E-state index contributed by atoms with van der Waals surface area (Å²) in [6, 6.07) is 0. The number of carbonyl (C=O) groups is 2. The zero-order chi connectivity index (χ0) is 50.5. The molecule has 0 aromatic carbocycles. The van der Waals surface area contributed by atoms with Gasteiger partial charge in [0.1, 0.15) is 23.8 Å². The van der Waals surface area contributed by atoms with Gasteiger partial charge in [0.05, 0.1) is 0 Å². The van der Waals surface area contributed by atoms with Crippen molar-refractivity contribution in [2.45, 2.75) is 271 Å². The zero-order valence-corrected chi connectivity index (χ0v) is 45.8. The van der Waals surface area contributed by atoms with Crippen molar-refractivity contribution in [1.82, 2.24) is 51.8 Å². The first-order valence-electron chi connectivity index (χ1n) is 26.0. The minimum Gasteiger partial charge on any atom is -0.473 e. The number of carbonyl (C=O) groups excluding carboxylic acids is 2. The smallest absolute Gasteiger partial charge is 0.238 e. The Hall–Kier alpha value is -3.92. The van der Waals surface area contributed by atoms with Crippen molar-refractivity contribution in [1.29, 1.82) is 0 Å². The van der Waals surface area contributed by atoms with E-state index in [9.17, 15) is 9.59 Å². The van der Waals surface area contributed by atoms with E-state index >= 15 is 0 Å². The van der Waals surface area contributed by atoms with Crippen LogP contribution in [-0.4, -0.2) is 123 Å². The molecule has 0 unspecified atom stereocenters. The second-order valence-corrected chi connectivity index (χ2v) is 25.9. The lowest BCUT2D eigenvalue weighted by atomic mass is 9.78. The monoisotopic (exact) mass is 951 g/mol. The van der Waals surface area contributed by atoms with Crippen LogP contribution in [0.3, 0.4) is 0 Å². The summed E-state index contributed by atoms with van der Waals surface area (Å²) >= 11 is 0. The second kappa shape index (κ2) is 19.4. The van der Waals surface area contributed by atoms with Gasteiger partial charge in [0.25, 0.3) is 0 Å². The lowest BCUT2D eigenvalue weighted by molar-refractivity contribution is -0.153. The van der Waals surface area contributed by atoms with E-state index in [1.165, 1.54) is 12.8 Å². The molecule has 0 aromatic rings. The largest absolute Gasteiger partial charge is 0.473 e. The van der Waals surface area contributed by atoms with E-state index in [2.05, 4.69) is 154 Å². The van der Waals surface area contributed by atoms with Crippen LogP contribution in [0.15, 0.2) is 34.0 Å². The molecule has 68 heavy (non-hydrogen) atoms. The van der Waals surface area contributed by atoms with Crippen molar-refractivity contribution in [3.8, 4) is 0 Å². The summed E-state index contributed by atoms with van der Waals surface area (Å²) in [6.07, 6.45) is 17.6. The summed E-state index contributed by atoms with van der Waals surface area (Å²) < 4.78 is 13.6. The minimum atomic E-state index is -0.357. The van der Waals surface area contributed by atoms with Gasteiger partial charge in [0.15, 0.2) is 0 Å². The van der Waals surface area contributed by atoms with Crippen LogP contribution >= 0.6 is 0 Å². The molecule has 6 aliphatic rings. The van der Waals surface area contributed by atoms with Gasteiger partial charge in [0.2, 0.25) is 23.6 Å². The molecule has 6 rings (SSSR count). The first-order chi connectivity index (χ1) is 31.3. The molecule has 0 atom stereocenters. The molecule has 4 saturated heterocycles. The molecule has 16 nitrogen and oxygen atoms in total. The van der Waals surface area contributed by atoms with Crippen LogP contribution in [0.4, 0.5) is 0 Å². The maximum atomic E-state index is 12.8. The summed E-state index contributed by atoms with van der Waals surface area (Å²) in [6.45, 7) is 40.5. The molecule has 0 bridgehead atoms. The number of hydrogen-bond donors (Lipinski definition) is 4. The van der Waals surface area contributed by atoms with Crippen LogP contribution in [0.2, 0.25) is 0 Å². The van der Waals surface area contributed by atoms with Gasteiger partial charge in [-0.15, -0.1) is 20.7 Å². The van der Waals surface area contributed by atoms with Crippen molar-refractivity contribution in [2.24, 2.45) is 10.2 Å². The number of nitrogens with zero attached hydrogens (tertiary/aromatic N) is 8. The number of nitrogens with one attached hydrogen (secondary N) is 4. The Morgan fingerprint density at radius 2 is 0.809 bits per heavy atom. The quantitative estimate of drug-likeness (QED) is 0.131. The number of ether oxygens (including phenoxy) is 2. The average Bonchev–Trinajstić information content (AvgIpc) is 3.11. The van der Waals surface area contributed by atoms with E-state index in [0.29, 0.717) is 11.8 Å². The first kappa shape index (κ1) is 53.4. The molecule has 0 saturated carbocycles. The van der Waals surface area contributed by atoms with Crippen LogP contribution in [-0.2, 0) is 19.1 Å². The topological polar surface area (TPSA) is 145 Å². The maximum absolute atomic E-state index is 12.8. The molecule has 6 heterocycles. The second-order valence-electron chi connectivity index (χ2n) is 25.9. The molecule has 4 N–H and O–H groups in total. The molecular formula is C52H94N12O4. The lowest BCUT2D eigenvalue weighted by Crippen LogP contribution is -2.64. The molecular weight excluding hydrogens is 857 g/mol. The Morgan fingerprint density at radius 1 is 0.515 bits per heavy atom. The van der Waals surface area contributed by atoms with Crippen molar-refractivity contribution in [3.63, 3.8) is 0 Å².